The Morgan fingerprint density at radius 1 is 1.14 bits per heavy atom. The minimum atomic E-state index is -0.0893. The number of aliphatic hydroxyl groups is 1. The molecule has 122 valence electrons. The third kappa shape index (κ3) is 1.74. The molecule has 0 bridgehead atoms. The van der Waals surface area contributed by atoms with Gasteiger partial charge in [-0.15, -0.1) is 0 Å². The van der Waals surface area contributed by atoms with E-state index in [1.165, 1.54) is 31.3 Å². The van der Waals surface area contributed by atoms with E-state index in [1.54, 1.807) is 0 Å². The van der Waals surface area contributed by atoms with Crippen LogP contribution in [0.25, 0.3) is 0 Å². The van der Waals surface area contributed by atoms with Crippen LogP contribution in [0.1, 0.15) is 65.7 Å². The molecule has 7 atom stereocenters. The van der Waals surface area contributed by atoms with Crippen molar-refractivity contribution in [3.05, 3.63) is 11.6 Å². The molecule has 0 amide bonds. The lowest BCUT2D eigenvalue weighted by atomic mass is 9.45. The van der Waals surface area contributed by atoms with Crippen LogP contribution in [0.3, 0.4) is 0 Å². The Balaban J connectivity index is 1.72. The highest BCUT2D eigenvalue weighted by Crippen LogP contribution is 2.66. The topological polar surface area (TPSA) is 37.3 Å². The number of ketones is 1. The van der Waals surface area contributed by atoms with Gasteiger partial charge in [0, 0.05) is 6.42 Å². The number of carbonyl (C=O) groups is 1. The van der Waals surface area contributed by atoms with Crippen LogP contribution in [0.5, 0.6) is 0 Å². The number of aliphatic hydroxyl groups excluding tert-OH is 1. The molecule has 3 fully saturated rings. The van der Waals surface area contributed by atoms with Crippen molar-refractivity contribution < 1.29 is 9.90 Å². The predicted molar refractivity (Wildman–Crippen MR) is 87.3 cm³/mol. The van der Waals surface area contributed by atoms with Gasteiger partial charge in [-0.25, -0.2) is 0 Å². The van der Waals surface area contributed by atoms with Crippen LogP contribution in [0.15, 0.2) is 11.6 Å². The quantitative estimate of drug-likeness (QED) is 0.730. The number of allylic oxidation sites excluding steroid dienone is 1. The second-order valence-electron chi connectivity index (χ2n) is 9.08. The van der Waals surface area contributed by atoms with Crippen molar-refractivity contribution in [2.75, 3.05) is 0 Å². The molecule has 0 saturated heterocycles. The molecular weight excluding hydrogens is 272 g/mol. The van der Waals surface area contributed by atoms with E-state index in [0.717, 1.165) is 31.1 Å². The summed E-state index contributed by atoms with van der Waals surface area (Å²) < 4.78 is 0. The van der Waals surface area contributed by atoms with E-state index in [9.17, 15) is 9.90 Å². The molecule has 0 heterocycles. The first-order chi connectivity index (χ1) is 10.4. The predicted octanol–water partition coefficient (Wildman–Crippen LogP) is 4.13. The van der Waals surface area contributed by atoms with Gasteiger partial charge in [0.15, 0.2) is 5.78 Å². The van der Waals surface area contributed by atoms with Crippen molar-refractivity contribution in [2.45, 2.75) is 71.8 Å². The van der Waals surface area contributed by atoms with Crippen molar-refractivity contribution in [2.24, 2.45) is 34.5 Å². The van der Waals surface area contributed by atoms with E-state index >= 15 is 0 Å². The largest absolute Gasteiger partial charge is 0.393 e. The minimum absolute atomic E-state index is 0.0893. The molecule has 4 aliphatic carbocycles. The highest BCUT2D eigenvalue weighted by molar-refractivity contribution is 5.92. The Kier molecular flexibility index (Phi) is 3.18. The molecule has 0 spiro atoms. The molecule has 3 saturated carbocycles. The zero-order chi connectivity index (χ0) is 15.7. The maximum atomic E-state index is 12.0. The second-order valence-corrected chi connectivity index (χ2v) is 9.08. The lowest BCUT2D eigenvalue weighted by Gasteiger charge is -2.59. The summed E-state index contributed by atoms with van der Waals surface area (Å²) in [5.74, 6) is 3.00. The van der Waals surface area contributed by atoms with Crippen LogP contribution in [-0.4, -0.2) is 17.0 Å². The van der Waals surface area contributed by atoms with E-state index in [2.05, 4.69) is 20.8 Å². The Labute approximate surface area is 134 Å². The van der Waals surface area contributed by atoms with Crippen LogP contribution in [0.4, 0.5) is 0 Å². The van der Waals surface area contributed by atoms with Gasteiger partial charge in [0.05, 0.1) is 6.10 Å². The summed E-state index contributed by atoms with van der Waals surface area (Å²) in [5, 5.41) is 10.5. The SMILES string of the molecule is C[C@H]1CC(=O)C=C2CC[C@H]3[C@@H]4CC[C@@H](O)[C@@]4(C)CC[C@@H]3[C@]21C. The lowest BCUT2D eigenvalue weighted by molar-refractivity contribution is -0.121. The van der Waals surface area contributed by atoms with Gasteiger partial charge >= 0.3 is 0 Å². The maximum absolute atomic E-state index is 12.0. The van der Waals surface area contributed by atoms with Gasteiger partial charge in [0.2, 0.25) is 0 Å². The molecule has 2 heteroatoms. The van der Waals surface area contributed by atoms with Crippen molar-refractivity contribution in [1.29, 1.82) is 0 Å². The van der Waals surface area contributed by atoms with Crippen LogP contribution in [-0.2, 0) is 4.79 Å². The number of carbonyl (C=O) groups excluding carboxylic acids is 1. The lowest BCUT2D eigenvalue weighted by Crippen LogP contribution is -2.53. The summed E-state index contributed by atoms with van der Waals surface area (Å²) in [6, 6.07) is 0. The van der Waals surface area contributed by atoms with E-state index in [0.29, 0.717) is 17.6 Å². The molecule has 0 aliphatic heterocycles. The monoisotopic (exact) mass is 302 g/mol. The molecule has 0 radical (unpaired) electrons. The Morgan fingerprint density at radius 3 is 2.68 bits per heavy atom. The summed E-state index contributed by atoms with van der Waals surface area (Å²) in [7, 11) is 0. The molecule has 2 nitrogen and oxygen atoms in total. The highest BCUT2D eigenvalue weighted by atomic mass is 16.3. The molecule has 0 aromatic heterocycles. The summed E-state index contributed by atoms with van der Waals surface area (Å²) in [5.41, 5.74) is 1.83. The molecule has 4 rings (SSSR count). The van der Waals surface area contributed by atoms with Crippen LogP contribution in [0, 0.1) is 34.5 Å². The van der Waals surface area contributed by atoms with E-state index in [4.69, 9.17) is 0 Å². The third-order valence-electron chi connectivity index (χ3n) is 8.46. The highest BCUT2D eigenvalue weighted by Gasteiger charge is 2.59. The van der Waals surface area contributed by atoms with Gasteiger partial charge in [-0.2, -0.15) is 0 Å². The Hall–Kier alpha value is -0.630. The average Bonchev–Trinajstić information content (AvgIpc) is 2.77. The average molecular weight is 302 g/mol. The number of hydrogen-bond donors (Lipinski definition) is 1. The van der Waals surface area contributed by atoms with Gasteiger partial charge < -0.3 is 5.11 Å². The molecule has 0 unspecified atom stereocenters. The fraction of sp³-hybridized carbons (Fsp3) is 0.850. The number of hydrogen-bond acceptors (Lipinski definition) is 2. The van der Waals surface area contributed by atoms with E-state index in [-0.39, 0.29) is 16.9 Å². The molecular formula is C20H30O2. The van der Waals surface area contributed by atoms with Crippen molar-refractivity contribution in [1.82, 2.24) is 0 Å². The molecule has 22 heavy (non-hydrogen) atoms. The van der Waals surface area contributed by atoms with Crippen molar-refractivity contribution in [3.63, 3.8) is 0 Å². The summed E-state index contributed by atoms with van der Waals surface area (Å²) in [6.45, 7) is 7.08. The second kappa shape index (κ2) is 4.69. The van der Waals surface area contributed by atoms with Gasteiger partial charge in [-0.05, 0) is 79.1 Å². The standard InChI is InChI=1S/C20H30O2/c1-12-10-14(21)11-13-4-5-15-16-6-7-18(22)19(16,2)9-8-17(15)20(12,13)3/h11-12,15-18,22H,4-10H2,1-3H3/t12-,15-,16-,17-,18+,19-,20-/m0/s1. The Morgan fingerprint density at radius 2 is 1.91 bits per heavy atom. The van der Waals surface area contributed by atoms with Crippen LogP contribution in [0.2, 0.25) is 0 Å². The molecule has 0 aromatic rings. The zero-order valence-electron chi connectivity index (χ0n) is 14.3. The van der Waals surface area contributed by atoms with Crippen molar-refractivity contribution in [3.8, 4) is 0 Å². The van der Waals surface area contributed by atoms with Crippen LogP contribution < -0.4 is 0 Å². The normalized spacial score (nSPS) is 54.3. The molecule has 0 aromatic carbocycles. The smallest absolute Gasteiger partial charge is 0.155 e. The number of rotatable bonds is 0. The van der Waals surface area contributed by atoms with Crippen molar-refractivity contribution >= 4 is 5.78 Å². The maximum Gasteiger partial charge on any atom is 0.155 e. The Bertz CT molecular complexity index is 536. The first kappa shape index (κ1) is 14.9. The summed E-state index contributed by atoms with van der Waals surface area (Å²) in [6.07, 6.45) is 9.59. The van der Waals surface area contributed by atoms with Gasteiger partial charge in [-0.3, -0.25) is 4.79 Å². The summed E-state index contributed by atoms with van der Waals surface area (Å²) in [4.78, 5) is 12.0. The first-order valence-corrected chi connectivity index (χ1v) is 9.29. The van der Waals surface area contributed by atoms with Crippen LogP contribution >= 0.6 is 0 Å². The fourth-order valence-corrected chi connectivity index (χ4v) is 6.91. The third-order valence-corrected chi connectivity index (χ3v) is 8.46. The number of fused-ring (bicyclic) bond motifs is 5. The molecule has 4 aliphatic rings. The van der Waals surface area contributed by atoms with E-state index in [1.807, 2.05) is 6.08 Å². The first-order valence-electron chi connectivity index (χ1n) is 9.29. The molecule has 1 N–H and O–H groups in total. The summed E-state index contributed by atoms with van der Waals surface area (Å²) >= 11 is 0. The van der Waals surface area contributed by atoms with E-state index < -0.39 is 0 Å². The fourth-order valence-electron chi connectivity index (χ4n) is 6.91. The van der Waals surface area contributed by atoms with Gasteiger partial charge in [0.25, 0.3) is 0 Å². The van der Waals surface area contributed by atoms with Gasteiger partial charge in [0.1, 0.15) is 0 Å². The van der Waals surface area contributed by atoms with Gasteiger partial charge in [-0.1, -0.05) is 26.3 Å². The zero-order valence-corrected chi connectivity index (χ0v) is 14.3. The minimum Gasteiger partial charge on any atom is -0.393 e.